The number of hydrogen-bond donors (Lipinski definition) is 3. The quantitative estimate of drug-likeness (QED) is 0.792. The summed E-state index contributed by atoms with van der Waals surface area (Å²) in [5.41, 5.74) is 5.65. The molecule has 1 heterocycles. The lowest BCUT2D eigenvalue weighted by molar-refractivity contribution is 0.0950. The molecule has 0 atom stereocenters. The minimum absolute atomic E-state index is 0. The van der Waals surface area contributed by atoms with Gasteiger partial charge in [0.15, 0.2) is 0 Å². The Morgan fingerprint density at radius 2 is 2.36 bits per heavy atom. The molecule has 0 aliphatic rings. The fourth-order valence-electron chi connectivity index (χ4n) is 0.807. The summed E-state index contributed by atoms with van der Waals surface area (Å²) in [7, 11) is 0. The van der Waals surface area contributed by atoms with Gasteiger partial charge in [0.2, 0.25) is 0 Å². The summed E-state index contributed by atoms with van der Waals surface area (Å²) in [6, 6.07) is 1.62. The van der Waals surface area contributed by atoms with E-state index in [4.69, 9.17) is 17.3 Å². The third kappa shape index (κ3) is 3.49. The molecule has 0 aliphatic carbocycles. The highest BCUT2D eigenvalue weighted by molar-refractivity contribution is 9.10. The second-order valence-corrected chi connectivity index (χ2v) is 3.62. The first kappa shape index (κ1) is 13.8. The van der Waals surface area contributed by atoms with E-state index in [9.17, 15) is 4.79 Å². The number of hydrogen-bond acceptors (Lipinski definition) is 2. The number of nitrogens with one attached hydrogen (secondary N) is 2. The molecular formula is C7H10BrCl2N3O. The standard InChI is InChI=1S/C7H9BrClN3O.ClH/c8-4-3-5(12-6(4)9)7(13)11-2-1-10;/h3,12H,1-2,10H2,(H,11,13);1H. The maximum Gasteiger partial charge on any atom is 0.267 e. The number of H-pyrrole nitrogens is 1. The van der Waals surface area contributed by atoms with Crippen LogP contribution in [-0.2, 0) is 0 Å². The molecule has 0 saturated carbocycles. The molecule has 0 spiro atoms. The van der Waals surface area contributed by atoms with Crippen LogP contribution in [0, 0.1) is 0 Å². The fraction of sp³-hybridized carbons (Fsp3) is 0.286. The maximum absolute atomic E-state index is 11.3. The van der Waals surface area contributed by atoms with E-state index in [1.165, 1.54) is 0 Å². The lowest BCUT2D eigenvalue weighted by Gasteiger charge is -1.99. The molecule has 14 heavy (non-hydrogen) atoms. The molecule has 80 valence electrons. The van der Waals surface area contributed by atoms with Crippen molar-refractivity contribution in [1.82, 2.24) is 10.3 Å². The van der Waals surface area contributed by atoms with Gasteiger partial charge in [0.05, 0.1) is 4.47 Å². The Labute approximate surface area is 101 Å². The van der Waals surface area contributed by atoms with Crippen molar-refractivity contribution in [3.05, 3.63) is 21.4 Å². The Morgan fingerprint density at radius 3 is 2.79 bits per heavy atom. The highest BCUT2D eigenvalue weighted by Gasteiger charge is 2.09. The molecule has 0 aromatic carbocycles. The molecule has 1 amide bonds. The van der Waals surface area contributed by atoms with Crippen LogP contribution in [0.2, 0.25) is 5.15 Å². The lowest BCUT2D eigenvalue weighted by atomic mass is 10.4. The van der Waals surface area contributed by atoms with Crippen molar-refractivity contribution >= 4 is 45.8 Å². The smallest absolute Gasteiger partial charge is 0.267 e. The van der Waals surface area contributed by atoms with Gasteiger partial charge in [-0.3, -0.25) is 4.79 Å². The summed E-state index contributed by atoms with van der Waals surface area (Å²) < 4.78 is 0.673. The van der Waals surface area contributed by atoms with E-state index in [0.717, 1.165) is 0 Å². The molecule has 0 saturated heterocycles. The number of aromatic amines is 1. The zero-order valence-electron chi connectivity index (χ0n) is 7.14. The average molecular weight is 303 g/mol. The normalized spacial score (nSPS) is 9.36. The molecule has 7 heteroatoms. The second-order valence-electron chi connectivity index (χ2n) is 2.39. The van der Waals surface area contributed by atoms with E-state index in [-0.39, 0.29) is 18.3 Å². The van der Waals surface area contributed by atoms with Gasteiger partial charge in [0.1, 0.15) is 10.8 Å². The molecule has 0 unspecified atom stereocenters. The van der Waals surface area contributed by atoms with Crippen LogP contribution < -0.4 is 11.1 Å². The maximum atomic E-state index is 11.3. The minimum Gasteiger partial charge on any atom is -0.350 e. The van der Waals surface area contributed by atoms with Crippen molar-refractivity contribution in [3.63, 3.8) is 0 Å². The van der Waals surface area contributed by atoms with E-state index >= 15 is 0 Å². The summed E-state index contributed by atoms with van der Waals surface area (Å²) in [5, 5.41) is 3.03. The Kier molecular flexibility index (Phi) is 6.19. The van der Waals surface area contributed by atoms with E-state index in [1.807, 2.05) is 0 Å². The molecule has 0 bridgehead atoms. The molecule has 1 aromatic heterocycles. The van der Waals surface area contributed by atoms with Gasteiger partial charge in [-0.05, 0) is 22.0 Å². The second kappa shape index (κ2) is 6.29. The number of aromatic nitrogens is 1. The van der Waals surface area contributed by atoms with Gasteiger partial charge < -0.3 is 16.0 Å². The van der Waals surface area contributed by atoms with E-state index in [2.05, 4.69) is 26.2 Å². The van der Waals surface area contributed by atoms with Crippen LogP contribution in [0.4, 0.5) is 0 Å². The first-order valence-corrected chi connectivity index (χ1v) is 4.84. The minimum atomic E-state index is -0.210. The van der Waals surface area contributed by atoms with Gasteiger partial charge in [-0.15, -0.1) is 12.4 Å². The zero-order valence-corrected chi connectivity index (χ0v) is 10.3. The first-order valence-electron chi connectivity index (χ1n) is 3.67. The van der Waals surface area contributed by atoms with Crippen LogP contribution in [0.15, 0.2) is 10.5 Å². The summed E-state index contributed by atoms with van der Waals surface area (Å²) in [6.45, 7) is 0.869. The molecule has 0 fully saturated rings. The third-order valence-electron chi connectivity index (χ3n) is 1.40. The summed E-state index contributed by atoms with van der Waals surface area (Å²) in [6.07, 6.45) is 0. The van der Waals surface area contributed by atoms with Gasteiger partial charge in [0.25, 0.3) is 5.91 Å². The number of amides is 1. The summed E-state index contributed by atoms with van der Waals surface area (Å²) in [4.78, 5) is 14.0. The van der Waals surface area contributed by atoms with E-state index in [1.54, 1.807) is 6.07 Å². The van der Waals surface area contributed by atoms with Crippen molar-refractivity contribution in [2.45, 2.75) is 0 Å². The van der Waals surface area contributed by atoms with Crippen LogP contribution >= 0.6 is 39.9 Å². The van der Waals surface area contributed by atoms with Crippen LogP contribution in [0.25, 0.3) is 0 Å². The average Bonchev–Trinajstić information content (AvgIpc) is 2.43. The van der Waals surface area contributed by atoms with Crippen molar-refractivity contribution in [2.75, 3.05) is 13.1 Å². The van der Waals surface area contributed by atoms with E-state index < -0.39 is 0 Å². The lowest BCUT2D eigenvalue weighted by Crippen LogP contribution is -2.29. The molecular weight excluding hydrogens is 293 g/mol. The summed E-state index contributed by atoms with van der Waals surface area (Å²) >= 11 is 8.89. The topological polar surface area (TPSA) is 70.9 Å². The molecule has 1 aromatic rings. The van der Waals surface area contributed by atoms with Gasteiger partial charge in [0, 0.05) is 13.1 Å². The first-order chi connectivity index (χ1) is 6.15. The number of nitrogens with two attached hydrogens (primary N) is 1. The van der Waals surface area contributed by atoms with Crippen molar-refractivity contribution in [1.29, 1.82) is 0 Å². The highest BCUT2D eigenvalue weighted by Crippen LogP contribution is 2.22. The van der Waals surface area contributed by atoms with Crippen molar-refractivity contribution in [3.8, 4) is 0 Å². The molecule has 0 radical (unpaired) electrons. The molecule has 4 N–H and O–H groups in total. The summed E-state index contributed by atoms with van der Waals surface area (Å²) in [5.74, 6) is -0.210. The molecule has 0 aliphatic heterocycles. The Morgan fingerprint density at radius 1 is 1.71 bits per heavy atom. The third-order valence-corrected chi connectivity index (χ3v) is 2.55. The van der Waals surface area contributed by atoms with Gasteiger partial charge in [-0.2, -0.15) is 0 Å². The highest BCUT2D eigenvalue weighted by atomic mass is 79.9. The molecule has 4 nitrogen and oxygen atoms in total. The molecule has 1 rings (SSSR count). The van der Waals surface area contributed by atoms with E-state index in [0.29, 0.717) is 28.4 Å². The SMILES string of the molecule is Cl.NCCNC(=O)c1cc(Br)c(Cl)[nH]1. The van der Waals surface area contributed by atoms with Gasteiger partial charge in [-0.1, -0.05) is 11.6 Å². The monoisotopic (exact) mass is 301 g/mol. The number of carbonyl (C=O) groups excluding carboxylic acids is 1. The number of rotatable bonds is 3. The largest absolute Gasteiger partial charge is 0.350 e. The Balaban J connectivity index is 0.00000169. The zero-order chi connectivity index (χ0) is 9.84. The predicted molar refractivity (Wildman–Crippen MR) is 62.1 cm³/mol. The van der Waals surface area contributed by atoms with Gasteiger partial charge >= 0.3 is 0 Å². The van der Waals surface area contributed by atoms with Crippen LogP contribution in [0.1, 0.15) is 10.5 Å². The van der Waals surface area contributed by atoms with Crippen LogP contribution in [-0.4, -0.2) is 24.0 Å². The van der Waals surface area contributed by atoms with Crippen molar-refractivity contribution < 1.29 is 4.79 Å². The van der Waals surface area contributed by atoms with Crippen LogP contribution in [0.5, 0.6) is 0 Å². The number of halogens is 3. The van der Waals surface area contributed by atoms with Crippen molar-refractivity contribution in [2.24, 2.45) is 5.73 Å². The predicted octanol–water partition coefficient (Wildman–Crippen LogP) is 1.54. The van der Waals surface area contributed by atoms with Gasteiger partial charge in [-0.25, -0.2) is 0 Å². The fourth-order valence-corrected chi connectivity index (χ4v) is 1.29. The number of carbonyl (C=O) groups is 1. The Bertz CT molecular complexity index is 296. The van der Waals surface area contributed by atoms with Crippen LogP contribution in [0.3, 0.4) is 0 Å². The Hall–Kier alpha value is -0.230.